The molecule has 0 amide bonds. The summed E-state index contributed by atoms with van der Waals surface area (Å²) in [6.45, 7) is 3.89. The molecule has 2 unspecified atom stereocenters. The summed E-state index contributed by atoms with van der Waals surface area (Å²) in [5, 5.41) is 9.57. The highest BCUT2D eigenvalue weighted by atomic mass is 16.8. The number of carboxylic acids is 1. The Kier molecular flexibility index (Phi) is 3.97. The summed E-state index contributed by atoms with van der Waals surface area (Å²) in [7, 11) is 0. The first-order valence-electron chi connectivity index (χ1n) is 6.61. The lowest BCUT2D eigenvalue weighted by Gasteiger charge is -2.27. The third-order valence-corrected chi connectivity index (χ3v) is 3.38. The van der Waals surface area contributed by atoms with Crippen LogP contribution in [0.5, 0.6) is 0 Å². The Morgan fingerprint density at radius 3 is 2.55 bits per heavy atom. The molecule has 0 saturated carbocycles. The van der Waals surface area contributed by atoms with Crippen molar-refractivity contribution in [3.05, 3.63) is 35.9 Å². The number of hydrogen-bond acceptors (Lipinski definition) is 4. The number of aliphatic carboxylic acids is 1. The summed E-state index contributed by atoms with van der Waals surface area (Å²) in [6.07, 6.45) is -1.13. The van der Waals surface area contributed by atoms with E-state index in [1.807, 2.05) is 44.2 Å². The van der Waals surface area contributed by atoms with Gasteiger partial charge in [-0.2, -0.15) is 0 Å². The van der Waals surface area contributed by atoms with Crippen LogP contribution in [-0.2, 0) is 20.7 Å². The van der Waals surface area contributed by atoms with Crippen LogP contribution in [0.25, 0.3) is 0 Å². The van der Waals surface area contributed by atoms with E-state index in [-0.39, 0.29) is 12.3 Å². The number of ether oxygens (including phenoxy) is 2. The third-order valence-electron chi connectivity index (χ3n) is 3.38. The average Bonchev–Trinajstić information content (AvgIpc) is 2.67. The van der Waals surface area contributed by atoms with E-state index in [2.05, 4.69) is 0 Å². The number of carbonyl (C=O) groups excluding carboxylic acids is 1. The molecule has 1 saturated heterocycles. The van der Waals surface area contributed by atoms with Gasteiger partial charge in [-0.05, 0) is 17.9 Å². The van der Waals surface area contributed by atoms with Crippen molar-refractivity contribution in [2.24, 2.45) is 5.92 Å². The first-order chi connectivity index (χ1) is 9.44. The van der Waals surface area contributed by atoms with Gasteiger partial charge in [-0.1, -0.05) is 44.2 Å². The minimum Gasteiger partial charge on any atom is -0.478 e. The first kappa shape index (κ1) is 14.4. The molecule has 20 heavy (non-hydrogen) atoms. The fourth-order valence-electron chi connectivity index (χ4n) is 2.42. The van der Waals surface area contributed by atoms with Crippen LogP contribution in [0.4, 0.5) is 4.79 Å². The van der Waals surface area contributed by atoms with Gasteiger partial charge in [-0.25, -0.2) is 9.59 Å². The predicted molar refractivity (Wildman–Crippen MR) is 71.3 cm³/mol. The van der Waals surface area contributed by atoms with E-state index in [1.165, 1.54) is 0 Å². The van der Waals surface area contributed by atoms with E-state index < -0.39 is 23.8 Å². The van der Waals surface area contributed by atoms with E-state index in [9.17, 15) is 14.7 Å². The Hall–Kier alpha value is -2.04. The van der Waals surface area contributed by atoms with Gasteiger partial charge in [0.15, 0.2) is 6.10 Å². The molecule has 5 nitrogen and oxygen atoms in total. The molecule has 2 atom stereocenters. The van der Waals surface area contributed by atoms with Crippen LogP contribution in [-0.4, -0.2) is 28.9 Å². The second-order valence-corrected chi connectivity index (χ2v) is 5.45. The highest BCUT2D eigenvalue weighted by Gasteiger charge is 2.57. The number of hydrogen-bond donors (Lipinski definition) is 1. The van der Waals surface area contributed by atoms with Crippen molar-refractivity contribution in [2.75, 3.05) is 0 Å². The molecule has 1 aliphatic rings. The maximum atomic E-state index is 11.7. The van der Waals surface area contributed by atoms with Crippen LogP contribution in [0.3, 0.4) is 0 Å². The molecule has 0 aliphatic carbocycles. The molecule has 1 fully saturated rings. The van der Waals surface area contributed by atoms with E-state index in [1.54, 1.807) is 0 Å². The molecule has 0 spiro atoms. The predicted octanol–water partition coefficient (Wildman–Crippen LogP) is 2.63. The minimum atomic E-state index is -1.64. The zero-order valence-corrected chi connectivity index (χ0v) is 11.5. The molecule has 5 heteroatoms. The highest BCUT2D eigenvalue weighted by Crippen LogP contribution is 2.35. The monoisotopic (exact) mass is 278 g/mol. The Labute approximate surface area is 117 Å². The topological polar surface area (TPSA) is 72.8 Å². The molecule has 1 aromatic carbocycles. The molecule has 1 heterocycles. The molecule has 1 aromatic rings. The maximum Gasteiger partial charge on any atom is 0.510 e. The van der Waals surface area contributed by atoms with Gasteiger partial charge in [0.25, 0.3) is 5.60 Å². The van der Waals surface area contributed by atoms with Gasteiger partial charge < -0.3 is 14.6 Å². The Bertz CT molecular complexity index is 496. The Balaban J connectivity index is 2.32. The van der Waals surface area contributed by atoms with Crippen molar-refractivity contribution in [3.8, 4) is 0 Å². The van der Waals surface area contributed by atoms with Crippen molar-refractivity contribution in [1.82, 2.24) is 0 Å². The largest absolute Gasteiger partial charge is 0.510 e. The van der Waals surface area contributed by atoms with E-state index in [0.29, 0.717) is 6.42 Å². The molecule has 1 aliphatic heterocycles. The summed E-state index contributed by atoms with van der Waals surface area (Å²) < 4.78 is 10.1. The molecular weight excluding hydrogens is 260 g/mol. The van der Waals surface area contributed by atoms with Crippen LogP contribution in [0.1, 0.15) is 25.8 Å². The second kappa shape index (κ2) is 5.53. The van der Waals surface area contributed by atoms with Crippen molar-refractivity contribution in [1.29, 1.82) is 0 Å². The van der Waals surface area contributed by atoms with Gasteiger partial charge in [0.1, 0.15) is 0 Å². The smallest absolute Gasteiger partial charge is 0.478 e. The van der Waals surface area contributed by atoms with E-state index in [4.69, 9.17) is 9.47 Å². The fourth-order valence-corrected chi connectivity index (χ4v) is 2.42. The van der Waals surface area contributed by atoms with Crippen molar-refractivity contribution < 1.29 is 24.2 Å². The standard InChI is InChI=1S/C15H18O5/c1-10(2)8-12-15(13(16)17,20-14(18)19-12)9-11-6-4-3-5-7-11/h3-7,10,12H,8-9H2,1-2H3,(H,16,17). The number of rotatable bonds is 5. The average molecular weight is 278 g/mol. The lowest BCUT2D eigenvalue weighted by molar-refractivity contribution is -0.159. The highest BCUT2D eigenvalue weighted by molar-refractivity contribution is 5.84. The van der Waals surface area contributed by atoms with Gasteiger partial charge in [0.05, 0.1) is 0 Å². The van der Waals surface area contributed by atoms with Crippen LogP contribution >= 0.6 is 0 Å². The Morgan fingerprint density at radius 2 is 2.00 bits per heavy atom. The lowest BCUT2D eigenvalue weighted by atomic mass is 9.85. The molecular formula is C15H18O5. The molecule has 0 radical (unpaired) electrons. The second-order valence-electron chi connectivity index (χ2n) is 5.45. The van der Waals surface area contributed by atoms with Crippen LogP contribution in [0, 0.1) is 5.92 Å². The molecule has 2 rings (SSSR count). The summed E-state index contributed by atoms with van der Waals surface area (Å²) in [5.74, 6) is -0.971. The number of carboxylic acid groups (broad SMARTS) is 1. The molecule has 108 valence electrons. The molecule has 1 N–H and O–H groups in total. The van der Waals surface area contributed by atoms with Crippen molar-refractivity contribution >= 4 is 12.1 Å². The third kappa shape index (κ3) is 2.76. The summed E-state index contributed by atoms with van der Waals surface area (Å²) >= 11 is 0. The minimum absolute atomic E-state index is 0.103. The summed E-state index contributed by atoms with van der Waals surface area (Å²) in [6, 6.07) is 9.10. The number of cyclic esters (lactones) is 2. The van der Waals surface area contributed by atoms with Gasteiger partial charge in [0.2, 0.25) is 0 Å². The van der Waals surface area contributed by atoms with Crippen LogP contribution in [0.2, 0.25) is 0 Å². The molecule has 0 bridgehead atoms. The number of carbonyl (C=O) groups is 2. The summed E-state index contributed by atoms with van der Waals surface area (Å²) in [4.78, 5) is 23.1. The first-order valence-corrected chi connectivity index (χ1v) is 6.61. The quantitative estimate of drug-likeness (QED) is 0.838. The summed E-state index contributed by atoms with van der Waals surface area (Å²) in [5.41, 5.74) is -0.843. The maximum absolute atomic E-state index is 11.7. The van der Waals surface area contributed by atoms with Gasteiger partial charge >= 0.3 is 12.1 Å². The lowest BCUT2D eigenvalue weighted by Crippen LogP contribution is -2.50. The van der Waals surface area contributed by atoms with Crippen LogP contribution < -0.4 is 0 Å². The Morgan fingerprint density at radius 1 is 1.35 bits per heavy atom. The van der Waals surface area contributed by atoms with Gasteiger partial charge in [0, 0.05) is 6.42 Å². The fraction of sp³-hybridized carbons (Fsp3) is 0.467. The number of benzene rings is 1. The van der Waals surface area contributed by atoms with Crippen molar-refractivity contribution in [3.63, 3.8) is 0 Å². The zero-order valence-electron chi connectivity index (χ0n) is 11.5. The SMILES string of the molecule is CC(C)CC1OC(=O)OC1(Cc1ccccc1)C(=O)O. The molecule has 0 aromatic heterocycles. The zero-order chi connectivity index (χ0) is 14.8. The van der Waals surface area contributed by atoms with Crippen LogP contribution in [0.15, 0.2) is 30.3 Å². The van der Waals surface area contributed by atoms with Gasteiger partial charge in [-0.15, -0.1) is 0 Å². The van der Waals surface area contributed by atoms with Gasteiger partial charge in [-0.3, -0.25) is 0 Å². The van der Waals surface area contributed by atoms with E-state index >= 15 is 0 Å². The van der Waals surface area contributed by atoms with E-state index in [0.717, 1.165) is 5.56 Å². The normalized spacial score (nSPS) is 25.4. The van der Waals surface area contributed by atoms with Crippen molar-refractivity contribution in [2.45, 2.75) is 38.4 Å².